The van der Waals surface area contributed by atoms with Crippen LogP contribution >= 0.6 is 0 Å². The minimum Gasteiger partial charge on any atom is -0.462 e. The van der Waals surface area contributed by atoms with E-state index in [9.17, 15) is 14.4 Å². The van der Waals surface area contributed by atoms with Gasteiger partial charge in [-0.15, -0.1) is 0 Å². The van der Waals surface area contributed by atoms with Crippen LogP contribution in [0.4, 0.5) is 0 Å². The largest absolute Gasteiger partial charge is 0.462 e. The lowest BCUT2D eigenvalue weighted by Gasteiger charge is -2.18. The third-order valence-corrected chi connectivity index (χ3v) is 15.7. The summed E-state index contributed by atoms with van der Waals surface area (Å²) in [6.45, 7) is 6.67. The van der Waals surface area contributed by atoms with E-state index in [1.54, 1.807) is 0 Å². The Morgan fingerprint density at radius 1 is 0.250 bits per heavy atom. The van der Waals surface area contributed by atoms with Crippen LogP contribution in [0.3, 0.4) is 0 Å². The van der Waals surface area contributed by atoms with Gasteiger partial charge in [0.1, 0.15) is 13.2 Å². The predicted molar refractivity (Wildman–Crippen MR) is 330 cm³/mol. The van der Waals surface area contributed by atoms with Crippen molar-refractivity contribution in [1.82, 2.24) is 0 Å². The molecule has 0 aromatic rings. The number of allylic oxidation sites excluding steroid dienone is 4. The van der Waals surface area contributed by atoms with Crippen molar-refractivity contribution in [3.8, 4) is 0 Å². The monoisotopic (exact) mass is 1070 g/mol. The van der Waals surface area contributed by atoms with Gasteiger partial charge in [-0.2, -0.15) is 0 Å². The Hall–Kier alpha value is -2.11. The normalized spacial score (nSPS) is 12.1. The molecule has 448 valence electrons. The third-order valence-electron chi connectivity index (χ3n) is 15.7. The summed E-state index contributed by atoms with van der Waals surface area (Å²) in [5, 5.41) is 0. The summed E-state index contributed by atoms with van der Waals surface area (Å²) in [7, 11) is 0. The number of hydrogen-bond donors (Lipinski definition) is 0. The van der Waals surface area contributed by atoms with Gasteiger partial charge in [0.25, 0.3) is 0 Å². The molecule has 0 aromatic heterocycles. The molecule has 6 nitrogen and oxygen atoms in total. The molecule has 0 fully saturated rings. The molecule has 0 aliphatic rings. The molecule has 0 aliphatic heterocycles. The van der Waals surface area contributed by atoms with E-state index < -0.39 is 6.10 Å². The number of rotatable bonds is 64. The second-order valence-electron chi connectivity index (χ2n) is 23.4. The van der Waals surface area contributed by atoms with Crippen molar-refractivity contribution in [1.29, 1.82) is 0 Å². The first-order chi connectivity index (χ1) is 37.5. The summed E-state index contributed by atoms with van der Waals surface area (Å²) in [4.78, 5) is 38.3. The van der Waals surface area contributed by atoms with Crippen LogP contribution in [0.1, 0.15) is 387 Å². The highest BCUT2D eigenvalue weighted by molar-refractivity contribution is 5.71. The molecule has 76 heavy (non-hydrogen) atoms. The van der Waals surface area contributed by atoms with Crippen LogP contribution in [0.15, 0.2) is 24.3 Å². The Bertz CT molecular complexity index is 1230. The number of esters is 3. The zero-order valence-corrected chi connectivity index (χ0v) is 51.6. The van der Waals surface area contributed by atoms with Crippen molar-refractivity contribution >= 4 is 17.9 Å². The van der Waals surface area contributed by atoms with Gasteiger partial charge in [-0.1, -0.05) is 328 Å². The Labute approximate surface area is 474 Å². The Balaban J connectivity index is 4.12. The van der Waals surface area contributed by atoms with Crippen LogP contribution in [0.2, 0.25) is 0 Å². The Morgan fingerprint density at radius 2 is 0.447 bits per heavy atom. The zero-order chi connectivity index (χ0) is 55.0. The van der Waals surface area contributed by atoms with Crippen LogP contribution in [0.5, 0.6) is 0 Å². The van der Waals surface area contributed by atoms with Gasteiger partial charge in [-0.05, 0) is 64.2 Å². The first-order valence-corrected chi connectivity index (χ1v) is 34.3. The maximum absolute atomic E-state index is 12.9. The van der Waals surface area contributed by atoms with Crippen molar-refractivity contribution in [2.45, 2.75) is 393 Å². The maximum atomic E-state index is 12.9. The van der Waals surface area contributed by atoms with Gasteiger partial charge in [-0.25, -0.2) is 0 Å². The molecule has 1 atom stereocenters. The second-order valence-corrected chi connectivity index (χ2v) is 23.4. The summed E-state index contributed by atoms with van der Waals surface area (Å²) >= 11 is 0. The van der Waals surface area contributed by atoms with Gasteiger partial charge in [0.15, 0.2) is 6.10 Å². The lowest BCUT2D eigenvalue weighted by atomic mass is 10.0. The molecule has 0 aliphatic carbocycles. The molecule has 0 spiro atoms. The number of hydrogen-bond acceptors (Lipinski definition) is 6. The summed E-state index contributed by atoms with van der Waals surface area (Å²) in [6.07, 6.45) is 79.3. The van der Waals surface area contributed by atoms with Crippen LogP contribution in [0.25, 0.3) is 0 Å². The van der Waals surface area contributed by atoms with Gasteiger partial charge < -0.3 is 14.2 Å². The van der Waals surface area contributed by atoms with Crippen molar-refractivity contribution in [2.24, 2.45) is 0 Å². The van der Waals surface area contributed by atoms with Crippen molar-refractivity contribution in [2.75, 3.05) is 13.2 Å². The first-order valence-electron chi connectivity index (χ1n) is 34.3. The van der Waals surface area contributed by atoms with Gasteiger partial charge >= 0.3 is 17.9 Å². The molecule has 0 saturated carbocycles. The lowest BCUT2D eigenvalue weighted by Crippen LogP contribution is -2.30. The van der Waals surface area contributed by atoms with E-state index in [1.165, 1.54) is 283 Å². The van der Waals surface area contributed by atoms with Crippen LogP contribution in [-0.4, -0.2) is 37.2 Å². The molecule has 0 saturated heterocycles. The molecular formula is C70H132O6. The fourth-order valence-corrected chi connectivity index (χ4v) is 10.5. The van der Waals surface area contributed by atoms with E-state index >= 15 is 0 Å². The molecule has 0 amide bonds. The fourth-order valence-electron chi connectivity index (χ4n) is 10.5. The predicted octanol–water partition coefficient (Wildman–Crippen LogP) is 23.4. The molecule has 0 rings (SSSR count). The van der Waals surface area contributed by atoms with E-state index in [0.29, 0.717) is 19.3 Å². The number of unbranched alkanes of at least 4 members (excludes halogenated alkanes) is 49. The fraction of sp³-hybridized carbons (Fsp3) is 0.900. The SMILES string of the molecule is CCCC/C=C\CCCCCCCC(=O)OCC(COC(=O)CCCCCCCCCCCCCCCCCCC/C=C\CCCCCCCCCC)OC(=O)CCCCCCCCCCCCCCCCCCCC. The maximum Gasteiger partial charge on any atom is 0.306 e. The number of carbonyl (C=O) groups excluding carboxylic acids is 3. The van der Waals surface area contributed by atoms with Gasteiger partial charge in [-0.3, -0.25) is 14.4 Å². The molecule has 0 radical (unpaired) electrons. The van der Waals surface area contributed by atoms with Crippen LogP contribution in [-0.2, 0) is 28.6 Å². The highest BCUT2D eigenvalue weighted by atomic mass is 16.6. The molecule has 0 heterocycles. The third kappa shape index (κ3) is 62.7. The minimum absolute atomic E-state index is 0.0679. The van der Waals surface area contributed by atoms with Gasteiger partial charge in [0, 0.05) is 19.3 Å². The Kier molecular flexibility index (Phi) is 63.6. The number of carbonyl (C=O) groups is 3. The Morgan fingerprint density at radius 3 is 0.697 bits per heavy atom. The molecule has 0 aromatic carbocycles. The van der Waals surface area contributed by atoms with Crippen molar-refractivity contribution < 1.29 is 28.6 Å². The van der Waals surface area contributed by atoms with E-state index in [1.807, 2.05) is 0 Å². The summed E-state index contributed by atoms with van der Waals surface area (Å²) in [5.41, 5.74) is 0. The summed E-state index contributed by atoms with van der Waals surface area (Å²) in [5.74, 6) is -0.850. The highest BCUT2D eigenvalue weighted by Crippen LogP contribution is 2.18. The molecule has 6 heteroatoms. The van der Waals surface area contributed by atoms with Gasteiger partial charge in [0.2, 0.25) is 0 Å². The minimum atomic E-state index is -0.770. The van der Waals surface area contributed by atoms with E-state index in [-0.39, 0.29) is 31.1 Å². The zero-order valence-electron chi connectivity index (χ0n) is 51.6. The topological polar surface area (TPSA) is 78.9 Å². The van der Waals surface area contributed by atoms with Crippen LogP contribution < -0.4 is 0 Å². The summed E-state index contributed by atoms with van der Waals surface area (Å²) < 4.78 is 16.9. The average molecular weight is 1070 g/mol. The smallest absolute Gasteiger partial charge is 0.306 e. The molecule has 1 unspecified atom stereocenters. The molecular weight excluding hydrogens is 937 g/mol. The highest BCUT2D eigenvalue weighted by Gasteiger charge is 2.19. The van der Waals surface area contributed by atoms with E-state index in [2.05, 4.69) is 45.1 Å². The van der Waals surface area contributed by atoms with E-state index in [0.717, 1.165) is 64.2 Å². The summed E-state index contributed by atoms with van der Waals surface area (Å²) in [6, 6.07) is 0. The molecule has 0 bridgehead atoms. The molecule has 0 N–H and O–H groups in total. The second kappa shape index (κ2) is 65.4. The van der Waals surface area contributed by atoms with Crippen LogP contribution in [0, 0.1) is 0 Å². The van der Waals surface area contributed by atoms with Gasteiger partial charge in [0.05, 0.1) is 0 Å². The van der Waals surface area contributed by atoms with Crippen molar-refractivity contribution in [3.63, 3.8) is 0 Å². The first kappa shape index (κ1) is 73.9. The van der Waals surface area contributed by atoms with Crippen molar-refractivity contribution in [3.05, 3.63) is 24.3 Å². The standard InChI is InChI=1S/C70H132O6/c1-4-7-10-13-16-19-22-24-26-28-30-31-32-33-34-35-36-37-38-39-40-42-43-45-48-51-54-57-60-63-69(72)75-66-67(65-74-68(71)62-59-56-53-50-47-21-18-15-12-9-6-3)76-70(73)64-61-58-55-52-49-46-44-41-29-27-25-23-20-17-14-11-8-5-2/h15,18,28,30,67H,4-14,16-17,19-27,29,31-66H2,1-3H3/b18-15-,30-28-. The number of ether oxygens (including phenoxy) is 3. The van der Waals surface area contributed by atoms with E-state index in [4.69, 9.17) is 14.2 Å². The lowest BCUT2D eigenvalue weighted by molar-refractivity contribution is -0.167. The quantitative estimate of drug-likeness (QED) is 0.0261. The average Bonchev–Trinajstić information content (AvgIpc) is 3.42.